The van der Waals surface area contributed by atoms with E-state index in [1.165, 1.54) is 24.3 Å². The SMILES string of the molecule is COc1ccc(COC(=O)c2ccc3cc(O)c(Cc4ccc(C(=O)O)cc4)c(O)c3c2)cc1. The van der Waals surface area contributed by atoms with Crippen LogP contribution in [0.15, 0.2) is 72.8 Å². The molecule has 34 heavy (non-hydrogen) atoms. The van der Waals surface area contributed by atoms with Gasteiger partial charge in [-0.1, -0.05) is 30.3 Å². The molecular formula is C27H22O7. The number of aromatic carboxylic acids is 1. The van der Waals surface area contributed by atoms with Gasteiger partial charge in [-0.3, -0.25) is 0 Å². The lowest BCUT2D eigenvalue weighted by molar-refractivity contribution is 0.0472. The fourth-order valence-corrected chi connectivity index (χ4v) is 3.63. The Bertz CT molecular complexity index is 1360. The number of ether oxygens (including phenoxy) is 2. The van der Waals surface area contributed by atoms with Gasteiger partial charge in [-0.25, -0.2) is 9.59 Å². The number of hydrogen-bond acceptors (Lipinski definition) is 6. The predicted molar refractivity (Wildman–Crippen MR) is 126 cm³/mol. The maximum Gasteiger partial charge on any atom is 0.338 e. The number of rotatable bonds is 7. The maximum atomic E-state index is 12.6. The first-order valence-corrected chi connectivity index (χ1v) is 10.5. The van der Waals surface area contributed by atoms with Gasteiger partial charge in [0, 0.05) is 17.4 Å². The van der Waals surface area contributed by atoms with Gasteiger partial charge in [-0.2, -0.15) is 0 Å². The molecule has 0 saturated carbocycles. The molecule has 0 fully saturated rings. The van der Waals surface area contributed by atoms with Crippen molar-refractivity contribution in [3.63, 3.8) is 0 Å². The highest BCUT2D eigenvalue weighted by Crippen LogP contribution is 2.37. The van der Waals surface area contributed by atoms with Gasteiger partial charge < -0.3 is 24.8 Å². The van der Waals surface area contributed by atoms with E-state index in [4.69, 9.17) is 14.6 Å². The first-order valence-electron chi connectivity index (χ1n) is 10.5. The number of carboxylic acid groups (broad SMARTS) is 1. The second kappa shape index (κ2) is 9.54. The van der Waals surface area contributed by atoms with Gasteiger partial charge in [0.1, 0.15) is 23.9 Å². The molecule has 0 bridgehead atoms. The highest BCUT2D eigenvalue weighted by Gasteiger charge is 2.16. The lowest BCUT2D eigenvalue weighted by Crippen LogP contribution is -2.05. The zero-order chi connectivity index (χ0) is 24.2. The van der Waals surface area contributed by atoms with Crippen LogP contribution in [0.25, 0.3) is 10.8 Å². The molecule has 0 radical (unpaired) electrons. The second-order valence-electron chi connectivity index (χ2n) is 7.76. The van der Waals surface area contributed by atoms with Crippen LogP contribution in [0.3, 0.4) is 0 Å². The van der Waals surface area contributed by atoms with Crippen molar-refractivity contribution in [1.82, 2.24) is 0 Å². The number of carbonyl (C=O) groups excluding carboxylic acids is 1. The summed E-state index contributed by atoms with van der Waals surface area (Å²) in [4.78, 5) is 23.6. The fraction of sp³-hybridized carbons (Fsp3) is 0.111. The van der Waals surface area contributed by atoms with E-state index < -0.39 is 11.9 Å². The van der Waals surface area contributed by atoms with Crippen molar-refractivity contribution in [3.05, 3.63) is 101 Å². The Labute approximate surface area is 195 Å². The molecule has 172 valence electrons. The molecule has 0 unspecified atom stereocenters. The molecule has 0 atom stereocenters. The minimum Gasteiger partial charge on any atom is -0.507 e. The number of hydrogen-bond donors (Lipinski definition) is 3. The Morgan fingerprint density at radius 1 is 0.824 bits per heavy atom. The Hall–Kier alpha value is -4.52. The summed E-state index contributed by atoms with van der Waals surface area (Å²) in [6.45, 7) is 0.0833. The second-order valence-corrected chi connectivity index (χ2v) is 7.76. The minimum absolute atomic E-state index is 0.0833. The first kappa shape index (κ1) is 22.7. The normalized spacial score (nSPS) is 10.7. The molecule has 4 aromatic rings. The maximum absolute atomic E-state index is 12.6. The average molecular weight is 458 g/mol. The van der Waals surface area contributed by atoms with Gasteiger partial charge in [0.05, 0.1) is 18.2 Å². The van der Waals surface area contributed by atoms with E-state index in [2.05, 4.69) is 0 Å². The van der Waals surface area contributed by atoms with Gasteiger partial charge in [-0.15, -0.1) is 0 Å². The largest absolute Gasteiger partial charge is 0.507 e. The molecule has 3 N–H and O–H groups in total. The molecule has 0 spiro atoms. The average Bonchev–Trinajstić information content (AvgIpc) is 2.85. The zero-order valence-electron chi connectivity index (χ0n) is 18.3. The Kier molecular flexibility index (Phi) is 6.36. The summed E-state index contributed by atoms with van der Waals surface area (Å²) in [6, 6.07) is 19.6. The number of phenols is 2. The number of fused-ring (bicyclic) bond motifs is 1. The topological polar surface area (TPSA) is 113 Å². The summed E-state index contributed by atoms with van der Waals surface area (Å²) < 4.78 is 10.5. The molecule has 0 aromatic heterocycles. The van der Waals surface area contributed by atoms with Crippen LogP contribution >= 0.6 is 0 Å². The third kappa shape index (κ3) is 4.78. The number of esters is 1. The van der Waals surface area contributed by atoms with E-state index in [0.29, 0.717) is 22.1 Å². The first-order chi connectivity index (χ1) is 16.4. The van der Waals surface area contributed by atoms with Crippen LogP contribution in [0, 0.1) is 0 Å². The lowest BCUT2D eigenvalue weighted by atomic mass is 9.97. The van der Waals surface area contributed by atoms with E-state index in [-0.39, 0.29) is 41.2 Å². The van der Waals surface area contributed by atoms with E-state index in [9.17, 15) is 19.8 Å². The van der Waals surface area contributed by atoms with Crippen LogP contribution in [0.5, 0.6) is 17.2 Å². The summed E-state index contributed by atoms with van der Waals surface area (Å²) >= 11 is 0. The van der Waals surface area contributed by atoms with Gasteiger partial charge >= 0.3 is 11.9 Å². The Morgan fingerprint density at radius 3 is 2.12 bits per heavy atom. The Balaban J connectivity index is 1.56. The summed E-state index contributed by atoms with van der Waals surface area (Å²) in [7, 11) is 1.57. The molecule has 0 heterocycles. The molecule has 0 saturated heterocycles. The predicted octanol–water partition coefficient (Wildman–Crippen LogP) is 4.91. The van der Waals surface area contributed by atoms with Crippen molar-refractivity contribution >= 4 is 22.7 Å². The molecule has 0 aliphatic rings. The number of methoxy groups -OCH3 is 1. The smallest absolute Gasteiger partial charge is 0.338 e. The van der Waals surface area contributed by atoms with Crippen LogP contribution in [0.2, 0.25) is 0 Å². The van der Waals surface area contributed by atoms with Crippen molar-refractivity contribution < 1.29 is 34.4 Å². The number of aromatic hydroxyl groups is 2. The standard InChI is InChI=1S/C27H22O7/c1-33-21-10-4-17(5-11-21)15-34-27(32)20-9-8-19-14-24(28)23(25(29)22(19)13-20)12-16-2-6-18(7-3-16)26(30)31/h2-11,13-14,28-29H,12,15H2,1H3,(H,30,31). The number of phenolic OH excluding ortho intramolecular Hbond substituents is 2. The molecule has 7 heteroatoms. The van der Waals surface area contributed by atoms with Gasteiger partial charge in [0.15, 0.2) is 0 Å². The highest BCUT2D eigenvalue weighted by molar-refractivity contribution is 5.98. The summed E-state index contributed by atoms with van der Waals surface area (Å²) in [5.41, 5.74) is 2.20. The fourth-order valence-electron chi connectivity index (χ4n) is 3.63. The van der Waals surface area contributed by atoms with Gasteiger partial charge in [-0.05, 0) is 59.0 Å². The van der Waals surface area contributed by atoms with E-state index in [0.717, 1.165) is 5.56 Å². The van der Waals surface area contributed by atoms with Crippen LogP contribution in [0.4, 0.5) is 0 Å². The summed E-state index contributed by atoms with van der Waals surface area (Å²) in [6.07, 6.45) is 0.180. The van der Waals surface area contributed by atoms with Crippen LogP contribution in [-0.4, -0.2) is 34.4 Å². The van der Waals surface area contributed by atoms with E-state index in [1.54, 1.807) is 55.6 Å². The molecule has 0 aliphatic carbocycles. The number of carbonyl (C=O) groups is 2. The van der Waals surface area contributed by atoms with Crippen LogP contribution in [-0.2, 0) is 17.8 Å². The summed E-state index contributed by atoms with van der Waals surface area (Å²) in [5.74, 6) is -1.12. The molecular weight excluding hydrogens is 436 g/mol. The third-order valence-corrected chi connectivity index (χ3v) is 5.54. The third-order valence-electron chi connectivity index (χ3n) is 5.54. The lowest BCUT2D eigenvalue weighted by Gasteiger charge is -2.12. The van der Waals surface area contributed by atoms with Crippen molar-refractivity contribution in [3.8, 4) is 17.2 Å². The molecule has 0 aliphatic heterocycles. The quantitative estimate of drug-likeness (QED) is 0.337. The monoisotopic (exact) mass is 458 g/mol. The van der Waals surface area contributed by atoms with Crippen molar-refractivity contribution in [2.24, 2.45) is 0 Å². The van der Waals surface area contributed by atoms with E-state index in [1.807, 2.05) is 0 Å². The molecule has 7 nitrogen and oxygen atoms in total. The van der Waals surface area contributed by atoms with Crippen molar-refractivity contribution in [2.45, 2.75) is 13.0 Å². The van der Waals surface area contributed by atoms with Crippen molar-refractivity contribution in [2.75, 3.05) is 7.11 Å². The summed E-state index contributed by atoms with van der Waals surface area (Å²) in [5, 5.41) is 31.3. The van der Waals surface area contributed by atoms with Gasteiger partial charge in [0.25, 0.3) is 0 Å². The molecule has 4 rings (SSSR count). The molecule has 4 aromatic carbocycles. The number of carboxylic acids is 1. The van der Waals surface area contributed by atoms with Crippen LogP contribution in [0.1, 0.15) is 37.4 Å². The van der Waals surface area contributed by atoms with Gasteiger partial charge in [0.2, 0.25) is 0 Å². The van der Waals surface area contributed by atoms with E-state index >= 15 is 0 Å². The number of benzene rings is 4. The highest BCUT2D eigenvalue weighted by atomic mass is 16.5. The zero-order valence-corrected chi connectivity index (χ0v) is 18.3. The minimum atomic E-state index is -1.03. The Morgan fingerprint density at radius 2 is 1.47 bits per heavy atom. The van der Waals surface area contributed by atoms with Crippen molar-refractivity contribution in [1.29, 1.82) is 0 Å². The molecule has 0 amide bonds. The van der Waals surface area contributed by atoms with Crippen LogP contribution < -0.4 is 4.74 Å².